The molecular weight excluding hydrogens is 138 g/mol. The molecule has 10 heavy (non-hydrogen) atoms. The summed E-state index contributed by atoms with van der Waals surface area (Å²) < 4.78 is 0. The molecule has 0 bridgehead atoms. The average Bonchev–Trinajstić information content (AvgIpc) is 1.82. The van der Waals surface area contributed by atoms with Gasteiger partial charge in [0, 0.05) is 5.57 Å². The van der Waals surface area contributed by atoms with E-state index in [1.165, 1.54) is 0 Å². The summed E-state index contributed by atoms with van der Waals surface area (Å²) in [7, 11) is 0. The summed E-state index contributed by atoms with van der Waals surface area (Å²) in [6.45, 7) is 2.86. The van der Waals surface area contributed by atoms with Crippen molar-refractivity contribution in [3.8, 4) is 0 Å². The molecule has 0 aromatic carbocycles. The molecule has 0 aromatic rings. The van der Waals surface area contributed by atoms with Gasteiger partial charge in [-0.1, -0.05) is 6.58 Å². The SMILES string of the molecule is C=C(CNC(=O)O)C(=O)O. The molecule has 0 saturated heterocycles. The average molecular weight is 145 g/mol. The van der Waals surface area contributed by atoms with E-state index in [1.54, 1.807) is 0 Å². The second kappa shape index (κ2) is 3.49. The zero-order chi connectivity index (χ0) is 8.15. The molecule has 0 aliphatic rings. The summed E-state index contributed by atoms with van der Waals surface area (Å²) in [4.78, 5) is 19.8. The molecule has 0 radical (unpaired) electrons. The number of carbonyl (C=O) groups is 2. The zero-order valence-electron chi connectivity index (χ0n) is 5.13. The summed E-state index contributed by atoms with van der Waals surface area (Å²) in [6.07, 6.45) is -1.26. The normalized spacial score (nSPS) is 8.40. The van der Waals surface area contributed by atoms with Gasteiger partial charge in [0.15, 0.2) is 0 Å². The van der Waals surface area contributed by atoms with Gasteiger partial charge in [-0.2, -0.15) is 0 Å². The van der Waals surface area contributed by atoms with Crippen molar-refractivity contribution in [1.29, 1.82) is 0 Å². The van der Waals surface area contributed by atoms with E-state index in [1.807, 2.05) is 5.32 Å². The van der Waals surface area contributed by atoms with Gasteiger partial charge in [0.25, 0.3) is 0 Å². The second-order valence-corrected chi connectivity index (χ2v) is 1.57. The van der Waals surface area contributed by atoms with Crippen LogP contribution in [0.5, 0.6) is 0 Å². The lowest BCUT2D eigenvalue weighted by Gasteiger charge is -1.97. The van der Waals surface area contributed by atoms with Gasteiger partial charge in [-0.15, -0.1) is 0 Å². The lowest BCUT2D eigenvalue weighted by Crippen LogP contribution is -2.25. The Balaban J connectivity index is 3.60. The van der Waals surface area contributed by atoms with Crippen LogP contribution in [-0.4, -0.2) is 28.8 Å². The first-order valence-corrected chi connectivity index (χ1v) is 2.42. The third-order valence-electron chi connectivity index (χ3n) is 0.755. The molecular formula is C5H7NO4. The first kappa shape index (κ1) is 8.48. The van der Waals surface area contributed by atoms with E-state index in [0.717, 1.165) is 0 Å². The maximum atomic E-state index is 9.98. The van der Waals surface area contributed by atoms with Crippen molar-refractivity contribution in [2.45, 2.75) is 0 Å². The van der Waals surface area contributed by atoms with Crippen molar-refractivity contribution in [3.63, 3.8) is 0 Å². The molecule has 0 heterocycles. The molecule has 3 N–H and O–H groups in total. The molecule has 0 aromatic heterocycles. The number of hydrogen-bond acceptors (Lipinski definition) is 2. The molecule has 0 aliphatic heterocycles. The predicted molar refractivity (Wildman–Crippen MR) is 32.8 cm³/mol. The van der Waals surface area contributed by atoms with Gasteiger partial charge in [0.05, 0.1) is 6.54 Å². The van der Waals surface area contributed by atoms with E-state index in [0.29, 0.717) is 0 Å². The third-order valence-corrected chi connectivity index (χ3v) is 0.755. The molecule has 0 rings (SSSR count). The summed E-state index contributed by atoms with van der Waals surface area (Å²) in [6, 6.07) is 0. The first-order valence-electron chi connectivity index (χ1n) is 2.42. The van der Waals surface area contributed by atoms with Crippen LogP contribution in [0.15, 0.2) is 12.2 Å². The maximum Gasteiger partial charge on any atom is 0.404 e. The van der Waals surface area contributed by atoms with Crippen LogP contribution < -0.4 is 5.32 Å². The minimum atomic E-state index is -1.26. The molecule has 0 aliphatic carbocycles. The van der Waals surface area contributed by atoms with Gasteiger partial charge < -0.3 is 15.5 Å². The van der Waals surface area contributed by atoms with Crippen LogP contribution in [0.25, 0.3) is 0 Å². The van der Waals surface area contributed by atoms with Crippen LogP contribution in [-0.2, 0) is 4.79 Å². The van der Waals surface area contributed by atoms with Crippen LogP contribution >= 0.6 is 0 Å². The Hall–Kier alpha value is -1.52. The van der Waals surface area contributed by atoms with Crippen molar-refractivity contribution in [2.24, 2.45) is 0 Å². The summed E-state index contributed by atoms with van der Waals surface area (Å²) >= 11 is 0. The van der Waals surface area contributed by atoms with Gasteiger partial charge >= 0.3 is 12.1 Å². The highest BCUT2D eigenvalue weighted by Crippen LogP contribution is 1.85. The molecule has 0 fully saturated rings. The highest BCUT2D eigenvalue weighted by Gasteiger charge is 2.03. The van der Waals surface area contributed by atoms with Gasteiger partial charge in [0.2, 0.25) is 0 Å². The summed E-state index contributed by atoms with van der Waals surface area (Å²) in [5.41, 5.74) is -0.178. The number of carboxylic acid groups (broad SMARTS) is 2. The molecule has 56 valence electrons. The lowest BCUT2D eigenvalue weighted by atomic mass is 10.3. The van der Waals surface area contributed by atoms with Gasteiger partial charge in [-0.3, -0.25) is 0 Å². The zero-order valence-corrected chi connectivity index (χ0v) is 5.13. The Morgan fingerprint density at radius 2 is 1.90 bits per heavy atom. The van der Waals surface area contributed by atoms with E-state index in [4.69, 9.17) is 10.2 Å². The second-order valence-electron chi connectivity index (χ2n) is 1.57. The fourth-order valence-electron chi connectivity index (χ4n) is 0.258. The predicted octanol–water partition coefficient (Wildman–Crippen LogP) is -0.105. The van der Waals surface area contributed by atoms with Crippen molar-refractivity contribution >= 4 is 12.1 Å². The number of nitrogens with one attached hydrogen (secondary N) is 1. The molecule has 0 atom stereocenters. The van der Waals surface area contributed by atoms with Crippen LogP contribution in [0.3, 0.4) is 0 Å². The van der Waals surface area contributed by atoms with Gasteiger partial charge in [-0.05, 0) is 0 Å². The third kappa shape index (κ3) is 3.48. The summed E-state index contributed by atoms with van der Waals surface area (Å²) in [5.74, 6) is -1.20. The number of aliphatic carboxylic acids is 1. The molecule has 5 heteroatoms. The smallest absolute Gasteiger partial charge is 0.404 e. The van der Waals surface area contributed by atoms with E-state index in [-0.39, 0.29) is 12.1 Å². The highest BCUT2D eigenvalue weighted by molar-refractivity contribution is 5.86. The lowest BCUT2D eigenvalue weighted by molar-refractivity contribution is -0.132. The van der Waals surface area contributed by atoms with Crippen LogP contribution in [0.1, 0.15) is 0 Å². The van der Waals surface area contributed by atoms with E-state index in [2.05, 4.69) is 6.58 Å². The fourth-order valence-corrected chi connectivity index (χ4v) is 0.258. The van der Waals surface area contributed by atoms with Crippen LogP contribution in [0.2, 0.25) is 0 Å². The largest absolute Gasteiger partial charge is 0.478 e. The fraction of sp³-hybridized carbons (Fsp3) is 0.200. The highest BCUT2D eigenvalue weighted by atomic mass is 16.4. The molecule has 0 spiro atoms. The number of amides is 1. The monoisotopic (exact) mass is 145 g/mol. The molecule has 0 saturated carbocycles. The maximum absolute atomic E-state index is 9.98. The quantitative estimate of drug-likeness (QED) is 0.484. The topological polar surface area (TPSA) is 86.6 Å². The van der Waals surface area contributed by atoms with Gasteiger partial charge in [0.1, 0.15) is 0 Å². The number of carboxylic acids is 1. The number of rotatable bonds is 3. The Morgan fingerprint density at radius 1 is 1.40 bits per heavy atom. The Labute approximate surface area is 57.0 Å². The van der Waals surface area contributed by atoms with Crippen molar-refractivity contribution in [2.75, 3.05) is 6.54 Å². The Kier molecular flexibility index (Phi) is 2.96. The van der Waals surface area contributed by atoms with Gasteiger partial charge in [-0.25, -0.2) is 9.59 Å². The van der Waals surface area contributed by atoms with E-state index in [9.17, 15) is 9.59 Å². The standard InChI is InChI=1S/C5H7NO4/c1-3(4(7)8)2-6-5(9)10/h6H,1-2H2,(H,7,8)(H,9,10). The molecule has 1 amide bonds. The van der Waals surface area contributed by atoms with E-state index < -0.39 is 12.1 Å². The first-order chi connectivity index (χ1) is 4.54. The van der Waals surface area contributed by atoms with Crippen molar-refractivity contribution < 1.29 is 19.8 Å². The molecule has 0 unspecified atom stereocenters. The van der Waals surface area contributed by atoms with Crippen LogP contribution in [0.4, 0.5) is 4.79 Å². The van der Waals surface area contributed by atoms with E-state index >= 15 is 0 Å². The number of hydrogen-bond donors (Lipinski definition) is 3. The van der Waals surface area contributed by atoms with Crippen molar-refractivity contribution in [3.05, 3.63) is 12.2 Å². The molecule has 5 nitrogen and oxygen atoms in total. The van der Waals surface area contributed by atoms with Crippen molar-refractivity contribution in [1.82, 2.24) is 5.32 Å². The Morgan fingerprint density at radius 3 is 2.20 bits per heavy atom. The minimum Gasteiger partial charge on any atom is -0.478 e. The summed E-state index contributed by atoms with van der Waals surface area (Å²) in [5, 5.41) is 18.0. The Bertz CT molecular complexity index is 174. The minimum absolute atomic E-state index is 0.178. The van der Waals surface area contributed by atoms with Crippen LogP contribution in [0, 0.1) is 0 Å².